The maximum absolute atomic E-state index is 10.0. The number of aliphatic hydroxyl groups excluding tert-OH is 1. The highest BCUT2D eigenvalue weighted by Crippen LogP contribution is 2.33. The van der Waals surface area contributed by atoms with E-state index in [1.807, 2.05) is 0 Å². The quantitative estimate of drug-likeness (QED) is 0.606. The van der Waals surface area contributed by atoms with Crippen molar-refractivity contribution < 1.29 is 9.84 Å². The fourth-order valence-electron chi connectivity index (χ4n) is 3.46. The van der Waals surface area contributed by atoms with E-state index >= 15 is 0 Å². The number of unbranched alkanes of at least 4 members (excludes halogenated alkanes) is 3. The largest absolute Gasteiger partial charge is 0.393 e. The summed E-state index contributed by atoms with van der Waals surface area (Å²) in [7, 11) is 1.78. The summed E-state index contributed by atoms with van der Waals surface area (Å²) in [6.45, 7) is 2.20. The van der Waals surface area contributed by atoms with Crippen LogP contribution in [-0.4, -0.2) is 24.4 Å². The zero-order valence-corrected chi connectivity index (χ0v) is 13.9. The van der Waals surface area contributed by atoms with Crippen LogP contribution in [0.1, 0.15) is 77.6 Å². The minimum atomic E-state index is -0.215. The lowest BCUT2D eigenvalue weighted by Crippen LogP contribution is -2.25. The third kappa shape index (κ3) is 7.29. The Labute approximate surface area is 130 Å². The summed E-state index contributed by atoms with van der Waals surface area (Å²) in [5.74, 6) is 0.627. The normalized spacial score (nSPS) is 25.2. The summed E-state index contributed by atoms with van der Waals surface area (Å²) in [6.07, 6.45) is 11.9. The van der Waals surface area contributed by atoms with Crippen molar-refractivity contribution in [3.63, 3.8) is 0 Å². The van der Waals surface area contributed by atoms with Gasteiger partial charge in [-0.05, 0) is 50.9 Å². The number of hydrogen-bond donors (Lipinski definition) is 1. The van der Waals surface area contributed by atoms with Gasteiger partial charge in [0, 0.05) is 13.0 Å². The van der Waals surface area contributed by atoms with Crippen LogP contribution in [0.3, 0.4) is 0 Å². The van der Waals surface area contributed by atoms with Gasteiger partial charge in [-0.2, -0.15) is 5.26 Å². The molecule has 1 aliphatic rings. The topological polar surface area (TPSA) is 53.2 Å². The molecular formula is C18H33NO2. The molecule has 0 aromatic heterocycles. The standard InChI is InChI=1S/C18H33NO2/c1-3-4-5-6-7-17(20)11-8-16(14-19)15-9-12-18(21-2)13-10-15/h15-18,20H,3-13H2,1-2H3. The summed E-state index contributed by atoms with van der Waals surface area (Å²) in [5, 5.41) is 19.4. The number of rotatable bonds is 10. The van der Waals surface area contributed by atoms with E-state index in [0.717, 1.165) is 51.4 Å². The highest BCUT2D eigenvalue weighted by atomic mass is 16.5. The van der Waals surface area contributed by atoms with Crippen molar-refractivity contribution in [3.8, 4) is 6.07 Å². The SMILES string of the molecule is CCCCCCC(O)CCC(C#N)C1CCC(OC)CC1. The average Bonchev–Trinajstić information content (AvgIpc) is 2.52. The molecule has 1 saturated carbocycles. The van der Waals surface area contributed by atoms with Crippen molar-refractivity contribution >= 4 is 0 Å². The molecule has 0 aliphatic heterocycles. The summed E-state index contributed by atoms with van der Waals surface area (Å²) < 4.78 is 5.39. The Morgan fingerprint density at radius 1 is 1.10 bits per heavy atom. The molecule has 0 bridgehead atoms. The van der Waals surface area contributed by atoms with E-state index in [9.17, 15) is 10.4 Å². The molecule has 0 amide bonds. The van der Waals surface area contributed by atoms with Gasteiger partial charge in [-0.3, -0.25) is 0 Å². The average molecular weight is 295 g/mol. The summed E-state index contributed by atoms with van der Waals surface area (Å²) >= 11 is 0. The predicted octanol–water partition coefficient (Wildman–Crippen LogP) is 4.44. The number of hydrogen-bond acceptors (Lipinski definition) is 3. The Morgan fingerprint density at radius 3 is 2.38 bits per heavy atom. The fourth-order valence-corrected chi connectivity index (χ4v) is 3.46. The molecule has 122 valence electrons. The molecule has 3 nitrogen and oxygen atoms in total. The Hall–Kier alpha value is -0.590. The Morgan fingerprint density at radius 2 is 1.81 bits per heavy atom. The smallest absolute Gasteiger partial charge is 0.0658 e. The number of aliphatic hydroxyl groups is 1. The summed E-state index contributed by atoms with van der Waals surface area (Å²) in [5.41, 5.74) is 0. The van der Waals surface area contributed by atoms with Crippen LogP contribution in [-0.2, 0) is 4.74 Å². The molecule has 3 heteroatoms. The number of nitriles is 1. The van der Waals surface area contributed by atoms with E-state index in [2.05, 4.69) is 13.0 Å². The van der Waals surface area contributed by atoms with E-state index in [4.69, 9.17) is 4.74 Å². The third-order valence-corrected chi connectivity index (χ3v) is 4.99. The first-order valence-corrected chi connectivity index (χ1v) is 8.81. The molecule has 0 saturated heterocycles. The van der Waals surface area contributed by atoms with Gasteiger partial charge in [0.25, 0.3) is 0 Å². The molecule has 0 aromatic rings. The lowest BCUT2D eigenvalue weighted by atomic mass is 9.77. The molecular weight excluding hydrogens is 262 g/mol. The second kappa shape index (κ2) is 11.0. The monoisotopic (exact) mass is 295 g/mol. The summed E-state index contributed by atoms with van der Waals surface area (Å²) in [4.78, 5) is 0. The van der Waals surface area contributed by atoms with Crippen molar-refractivity contribution in [2.45, 2.75) is 89.8 Å². The van der Waals surface area contributed by atoms with E-state index in [0.29, 0.717) is 12.0 Å². The van der Waals surface area contributed by atoms with Crippen LogP contribution in [0, 0.1) is 23.2 Å². The van der Waals surface area contributed by atoms with Crippen molar-refractivity contribution in [1.82, 2.24) is 0 Å². The molecule has 0 radical (unpaired) electrons. The fraction of sp³-hybridized carbons (Fsp3) is 0.944. The van der Waals surface area contributed by atoms with Gasteiger partial charge < -0.3 is 9.84 Å². The first-order valence-electron chi connectivity index (χ1n) is 8.81. The van der Waals surface area contributed by atoms with Gasteiger partial charge in [-0.25, -0.2) is 0 Å². The van der Waals surface area contributed by atoms with E-state index in [-0.39, 0.29) is 12.0 Å². The molecule has 0 aromatic carbocycles. The Balaban J connectivity index is 2.20. The molecule has 0 spiro atoms. The van der Waals surface area contributed by atoms with Crippen LogP contribution >= 0.6 is 0 Å². The van der Waals surface area contributed by atoms with Crippen LogP contribution in [0.4, 0.5) is 0 Å². The zero-order chi connectivity index (χ0) is 15.5. The van der Waals surface area contributed by atoms with Crippen molar-refractivity contribution in [2.24, 2.45) is 11.8 Å². The highest BCUT2D eigenvalue weighted by molar-refractivity contribution is 4.91. The Bertz CT molecular complexity index is 292. The van der Waals surface area contributed by atoms with Gasteiger partial charge in [0.2, 0.25) is 0 Å². The van der Waals surface area contributed by atoms with Crippen LogP contribution in [0.2, 0.25) is 0 Å². The number of methoxy groups -OCH3 is 1. The lowest BCUT2D eigenvalue weighted by Gasteiger charge is -2.30. The summed E-state index contributed by atoms with van der Waals surface area (Å²) in [6, 6.07) is 2.48. The van der Waals surface area contributed by atoms with Gasteiger partial charge >= 0.3 is 0 Å². The minimum absolute atomic E-state index is 0.119. The van der Waals surface area contributed by atoms with Gasteiger partial charge in [0.1, 0.15) is 0 Å². The second-order valence-electron chi connectivity index (χ2n) is 6.59. The number of nitrogens with zero attached hydrogens (tertiary/aromatic N) is 1. The van der Waals surface area contributed by atoms with Crippen LogP contribution < -0.4 is 0 Å². The minimum Gasteiger partial charge on any atom is -0.393 e. The van der Waals surface area contributed by atoms with Gasteiger partial charge in [0.05, 0.1) is 18.3 Å². The second-order valence-corrected chi connectivity index (χ2v) is 6.59. The number of ether oxygens (including phenoxy) is 1. The van der Waals surface area contributed by atoms with Crippen molar-refractivity contribution in [2.75, 3.05) is 7.11 Å². The molecule has 1 N–H and O–H groups in total. The third-order valence-electron chi connectivity index (χ3n) is 4.99. The highest BCUT2D eigenvalue weighted by Gasteiger charge is 2.27. The maximum Gasteiger partial charge on any atom is 0.0658 e. The molecule has 1 rings (SSSR count). The van der Waals surface area contributed by atoms with Crippen LogP contribution in [0.15, 0.2) is 0 Å². The first-order chi connectivity index (χ1) is 10.2. The maximum atomic E-state index is 10.0. The van der Waals surface area contributed by atoms with Gasteiger partial charge in [0.15, 0.2) is 0 Å². The molecule has 0 heterocycles. The first kappa shape index (κ1) is 18.5. The van der Waals surface area contributed by atoms with E-state index in [1.54, 1.807) is 7.11 Å². The Kier molecular flexibility index (Phi) is 9.70. The van der Waals surface area contributed by atoms with E-state index < -0.39 is 0 Å². The van der Waals surface area contributed by atoms with Crippen LogP contribution in [0.25, 0.3) is 0 Å². The van der Waals surface area contributed by atoms with E-state index in [1.165, 1.54) is 19.3 Å². The molecule has 2 atom stereocenters. The molecule has 1 aliphatic carbocycles. The molecule has 1 fully saturated rings. The lowest BCUT2D eigenvalue weighted by molar-refractivity contribution is 0.0483. The zero-order valence-electron chi connectivity index (χ0n) is 13.9. The molecule has 2 unspecified atom stereocenters. The van der Waals surface area contributed by atoms with Crippen molar-refractivity contribution in [1.29, 1.82) is 5.26 Å². The molecule has 21 heavy (non-hydrogen) atoms. The van der Waals surface area contributed by atoms with Crippen molar-refractivity contribution in [3.05, 3.63) is 0 Å². The van der Waals surface area contributed by atoms with Gasteiger partial charge in [-0.15, -0.1) is 0 Å². The van der Waals surface area contributed by atoms with Gasteiger partial charge in [-0.1, -0.05) is 32.6 Å². The van der Waals surface area contributed by atoms with Crippen LogP contribution in [0.5, 0.6) is 0 Å². The predicted molar refractivity (Wildman–Crippen MR) is 85.9 cm³/mol.